The largest absolute Gasteiger partial charge is 0.446 e. The minimum Gasteiger partial charge on any atom is -0.394 e. The Morgan fingerprint density at radius 2 is 2.00 bits per heavy atom. The molecule has 0 saturated carbocycles. The first-order valence-electron chi connectivity index (χ1n) is 6.18. The number of aliphatic hydroxyl groups is 1. The average molecular weight is 305 g/mol. The van der Waals surface area contributed by atoms with Crippen molar-refractivity contribution >= 4 is 17.7 Å². The van der Waals surface area contributed by atoms with Crippen LogP contribution in [0.3, 0.4) is 0 Å². The lowest BCUT2D eigenvalue weighted by Crippen LogP contribution is -2.37. The summed E-state index contributed by atoms with van der Waals surface area (Å²) in [7, 11) is 0. The number of nitrogens with zero attached hydrogens (tertiary/aromatic N) is 1. The van der Waals surface area contributed by atoms with Crippen molar-refractivity contribution in [2.75, 3.05) is 13.2 Å². The first kappa shape index (κ1) is 15.2. The molecule has 0 unspecified atom stereocenters. The van der Waals surface area contributed by atoms with Crippen LogP contribution in [-0.4, -0.2) is 40.6 Å². The van der Waals surface area contributed by atoms with Gasteiger partial charge in [-0.3, -0.25) is 4.79 Å². The second kappa shape index (κ2) is 6.05. The average Bonchev–Trinajstić information content (AvgIpc) is 2.85. The number of carbonyl (C=O) groups excluding carboxylic acids is 1. The minimum atomic E-state index is -4.33. The highest BCUT2D eigenvalue weighted by Crippen LogP contribution is 2.36. The molecule has 1 saturated heterocycles. The maximum absolute atomic E-state index is 12.2. The molecule has 20 heavy (non-hydrogen) atoms. The van der Waals surface area contributed by atoms with Crippen LogP contribution >= 0.6 is 11.8 Å². The van der Waals surface area contributed by atoms with Gasteiger partial charge in [-0.2, -0.15) is 13.2 Å². The molecule has 1 aromatic carbocycles. The van der Waals surface area contributed by atoms with E-state index < -0.39 is 5.51 Å². The molecule has 0 aliphatic carbocycles. The standard InChI is InChI=1S/C13H14F3NO2S/c14-13(15,16)20-11-5-3-9(4-6-11)12(19)17-7-1-2-10(17)8-18/h3-6,10,18H,1-2,7-8H2/t10-/m1/s1. The fourth-order valence-corrected chi connectivity index (χ4v) is 2.80. The van der Waals surface area contributed by atoms with Crippen LogP contribution in [0.25, 0.3) is 0 Å². The molecule has 1 N–H and O–H groups in total. The van der Waals surface area contributed by atoms with E-state index in [1.54, 1.807) is 4.90 Å². The minimum absolute atomic E-state index is 0.0502. The van der Waals surface area contributed by atoms with Crippen molar-refractivity contribution in [1.82, 2.24) is 4.90 Å². The Balaban J connectivity index is 2.08. The Morgan fingerprint density at radius 3 is 2.55 bits per heavy atom. The molecule has 1 aliphatic heterocycles. The van der Waals surface area contributed by atoms with Gasteiger partial charge in [0.05, 0.1) is 12.6 Å². The number of carbonyl (C=O) groups is 1. The van der Waals surface area contributed by atoms with Gasteiger partial charge in [0, 0.05) is 17.0 Å². The van der Waals surface area contributed by atoms with Gasteiger partial charge in [0.1, 0.15) is 0 Å². The van der Waals surface area contributed by atoms with Gasteiger partial charge < -0.3 is 10.0 Å². The molecule has 1 heterocycles. The van der Waals surface area contributed by atoms with Crippen molar-refractivity contribution in [3.8, 4) is 0 Å². The summed E-state index contributed by atoms with van der Waals surface area (Å²) >= 11 is -0.206. The number of likely N-dealkylation sites (tertiary alicyclic amines) is 1. The van der Waals surface area contributed by atoms with E-state index in [1.807, 2.05) is 0 Å². The lowest BCUT2D eigenvalue weighted by Gasteiger charge is -2.23. The predicted molar refractivity (Wildman–Crippen MR) is 69.5 cm³/mol. The number of rotatable bonds is 3. The lowest BCUT2D eigenvalue weighted by atomic mass is 10.2. The Morgan fingerprint density at radius 1 is 1.35 bits per heavy atom. The lowest BCUT2D eigenvalue weighted by molar-refractivity contribution is -0.0328. The van der Waals surface area contributed by atoms with E-state index in [0.29, 0.717) is 12.1 Å². The van der Waals surface area contributed by atoms with Crippen molar-refractivity contribution in [3.63, 3.8) is 0 Å². The molecule has 7 heteroatoms. The summed E-state index contributed by atoms with van der Waals surface area (Å²) in [6.07, 6.45) is 1.59. The molecule has 0 spiro atoms. The van der Waals surface area contributed by atoms with E-state index in [-0.39, 0.29) is 35.2 Å². The van der Waals surface area contributed by atoms with Gasteiger partial charge in [-0.1, -0.05) is 0 Å². The van der Waals surface area contributed by atoms with Crippen molar-refractivity contribution in [3.05, 3.63) is 29.8 Å². The summed E-state index contributed by atoms with van der Waals surface area (Å²) in [5.41, 5.74) is -3.99. The van der Waals surface area contributed by atoms with E-state index in [9.17, 15) is 23.1 Å². The molecular formula is C13H14F3NO2S. The van der Waals surface area contributed by atoms with E-state index in [4.69, 9.17) is 0 Å². The van der Waals surface area contributed by atoms with E-state index in [1.165, 1.54) is 24.3 Å². The zero-order valence-corrected chi connectivity index (χ0v) is 11.4. The van der Waals surface area contributed by atoms with Gasteiger partial charge in [-0.15, -0.1) is 0 Å². The SMILES string of the molecule is O=C(c1ccc(SC(F)(F)F)cc1)N1CCC[C@@H]1CO. The molecule has 1 atom stereocenters. The Kier molecular flexibility index (Phi) is 4.59. The maximum atomic E-state index is 12.2. The molecule has 0 aromatic heterocycles. The quantitative estimate of drug-likeness (QED) is 0.873. The topological polar surface area (TPSA) is 40.5 Å². The van der Waals surface area contributed by atoms with Crippen LogP contribution in [0, 0.1) is 0 Å². The van der Waals surface area contributed by atoms with Crippen LogP contribution in [0.15, 0.2) is 29.2 Å². The van der Waals surface area contributed by atoms with Crippen molar-refractivity contribution in [1.29, 1.82) is 0 Å². The van der Waals surface area contributed by atoms with Crippen LogP contribution in [0.2, 0.25) is 0 Å². The normalized spacial score (nSPS) is 19.4. The molecule has 1 amide bonds. The summed E-state index contributed by atoms with van der Waals surface area (Å²) in [4.78, 5) is 13.8. The van der Waals surface area contributed by atoms with Crippen LogP contribution in [0.4, 0.5) is 13.2 Å². The second-order valence-electron chi connectivity index (χ2n) is 4.55. The number of hydrogen-bond acceptors (Lipinski definition) is 3. The van der Waals surface area contributed by atoms with Crippen LogP contribution < -0.4 is 0 Å². The first-order chi connectivity index (χ1) is 9.40. The van der Waals surface area contributed by atoms with Gasteiger partial charge in [0.2, 0.25) is 0 Å². The highest BCUT2D eigenvalue weighted by molar-refractivity contribution is 8.00. The number of alkyl halides is 3. The van der Waals surface area contributed by atoms with E-state index >= 15 is 0 Å². The fraction of sp³-hybridized carbons (Fsp3) is 0.462. The van der Waals surface area contributed by atoms with Gasteiger partial charge in [0.15, 0.2) is 0 Å². The number of aliphatic hydroxyl groups excluding tert-OH is 1. The molecule has 2 rings (SSSR count). The van der Waals surface area contributed by atoms with Crippen LogP contribution in [0.5, 0.6) is 0 Å². The summed E-state index contributed by atoms with van der Waals surface area (Å²) in [5.74, 6) is -0.245. The first-order valence-corrected chi connectivity index (χ1v) is 7.00. The monoisotopic (exact) mass is 305 g/mol. The Bertz CT molecular complexity index is 475. The zero-order chi connectivity index (χ0) is 14.8. The number of halogens is 3. The zero-order valence-electron chi connectivity index (χ0n) is 10.6. The summed E-state index contributed by atoms with van der Waals surface area (Å²) in [5, 5.41) is 9.18. The van der Waals surface area contributed by atoms with E-state index in [0.717, 1.165) is 12.8 Å². The summed E-state index contributed by atoms with van der Waals surface area (Å²) in [6.45, 7) is 0.483. The third kappa shape index (κ3) is 3.67. The third-order valence-electron chi connectivity index (χ3n) is 3.18. The van der Waals surface area contributed by atoms with Crippen LogP contribution in [0.1, 0.15) is 23.2 Å². The van der Waals surface area contributed by atoms with Gasteiger partial charge in [-0.05, 0) is 48.9 Å². The Hall–Kier alpha value is -1.21. The molecule has 3 nitrogen and oxygen atoms in total. The molecule has 1 aliphatic rings. The number of amides is 1. The molecule has 1 fully saturated rings. The number of thioether (sulfide) groups is 1. The number of benzene rings is 1. The van der Waals surface area contributed by atoms with Gasteiger partial charge in [-0.25, -0.2) is 0 Å². The Labute approximate surface area is 118 Å². The van der Waals surface area contributed by atoms with E-state index in [2.05, 4.69) is 0 Å². The smallest absolute Gasteiger partial charge is 0.394 e. The molecule has 1 aromatic rings. The third-order valence-corrected chi connectivity index (χ3v) is 3.92. The molecule has 0 radical (unpaired) electrons. The molecular weight excluding hydrogens is 291 g/mol. The van der Waals surface area contributed by atoms with Gasteiger partial charge in [0.25, 0.3) is 5.91 Å². The molecule has 110 valence electrons. The van der Waals surface area contributed by atoms with Crippen molar-refractivity contribution in [2.24, 2.45) is 0 Å². The van der Waals surface area contributed by atoms with Crippen molar-refractivity contribution < 1.29 is 23.1 Å². The maximum Gasteiger partial charge on any atom is 0.446 e. The summed E-state index contributed by atoms with van der Waals surface area (Å²) < 4.78 is 36.6. The highest BCUT2D eigenvalue weighted by atomic mass is 32.2. The van der Waals surface area contributed by atoms with Crippen LogP contribution in [-0.2, 0) is 0 Å². The number of hydrogen-bond donors (Lipinski definition) is 1. The fourth-order valence-electron chi connectivity index (χ4n) is 2.26. The predicted octanol–water partition coefficient (Wildman–Crippen LogP) is 2.90. The summed E-state index contributed by atoms with van der Waals surface area (Å²) in [6, 6.07) is 5.17. The molecule has 0 bridgehead atoms. The highest BCUT2D eigenvalue weighted by Gasteiger charge is 2.30. The van der Waals surface area contributed by atoms with Gasteiger partial charge >= 0.3 is 5.51 Å². The van der Waals surface area contributed by atoms with Crippen molar-refractivity contribution in [2.45, 2.75) is 29.3 Å². The second-order valence-corrected chi connectivity index (χ2v) is 5.69.